The van der Waals surface area contributed by atoms with Crippen molar-refractivity contribution in [2.75, 3.05) is 0 Å². The molecule has 14 heavy (non-hydrogen) atoms. The molecule has 0 bridgehead atoms. The Hall–Kier alpha value is -1.42. The first-order valence-corrected chi connectivity index (χ1v) is 5.09. The summed E-state index contributed by atoms with van der Waals surface area (Å²) in [5, 5.41) is 0.547. The highest BCUT2D eigenvalue weighted by molar-refractivity contribution is 7.20. The highest BCUT2D eigenvalue weighted by atomic mass is 32.1. The second kappa shape index (κ2) is 3.75. The number of nitrogens with zero attached hydrogens (tertiary/aromatic N) is 1. The number of thiazole rings is 1. The van der Waals surface area contributed by atoms with E-state index in [1.165, 1.54) is 11.3 Å². The molecule has 0 saturated carbocycles. The van der Waals surface area contributed by atoms with Crippen LogP contribution < -0.4 is 4.74 Å². The van der Waals surface area contributed by atoms with Crippen LogP contribution in [0.15, 0.2) is 24.3 Å². The fourth-order valence-electron chi connectivity index (χ4n) is 1.09. The van der Waals surface area contributed by atoms with Crippen molar-refractivity contribution in [1.29, 1.82) is 0 Å². The van der Waals surface area contributed by atoms with E-state index in [9.17, 15) is 4.79 Å². The molecule has 0 N–H and O–H groups in total. The van der Waals surface area contributed by atoms with Crippen LogP contribution in [0.3, 0.4) is 0 Å². The van der Waals surface area contributed by atoms with E-state index < -0.39 is 6.10 Å². The van der Waals surface area contributed by atoms with Gasteiger partial charge in [-0.3, -0.25) is 4.79 Å². The summed E-state index contributed by atoms with van der Waals surface area (Å²) < 4.78 is 6.36. The fraction of sp³-hybridized carbons (Fsp3) is 0.200. The van der Waals surface area contributed by atoms with Gasteiger partial charge in [0.2, 0.25) is 0 Å². The van der Waals surface area contributed by atoms with Crippen LogP contribution in [0.2, 0.25) is 0 Å². The third-order valence-corrected chi connectivity index (χ3v) is 2.68. The molecule has 1 aromatic heterocycles. The summed E-state index contributed by atoms with van der Waals surface area (Å²) in [5.74, 6) is 0. The zero-order valence-corrected chi connectivity index (χ0v) is 8.45. The van der Waals surface area contributed by atoms with Crippen LogP contribution in [0, 0.1) is 0 Å². The highest BCUT2D eigenvalue weighted by Gasteiger charge is 2.07. The second-order valence-corrected chi connectivity index (χ2v) is 3.90. The number of carbonyl (C=O) groups excluding carboxylic acids is 1. The van der Waals surface area contributed by atoms with Crippen LogP contribution in [0.4, 0.5) is 0 Å². The lowest BCUT2D eigenvalue weighted by atomic mass is 10.3. The predicted molar refractivity (Wildman–Crippen MR) is 55.8 cm³/mol. The maximum absolute atomic E-state index is 10.4. The molecule has 2 rings (SSSR count). The molecule has 72 valence electrons. The van der Waals surface area contributed by atoms with Gasteiger partial charge < -0.3 is 4.74 Å². The molecule has 0 aliphatic rings. The maximum atomic E-state index is 10.4. The van der Waals surface area contributed by atoms with E-state index in [0.717, 1.165) is 16.5 Å². The quantitative estimate of drug-likeness (QED) is 0.725. The van der Waals surface area contributed by atoms with Gasteiger partial charge in [0.15, 0.2) is 12.4 Å². The van der Waals surface area contributed by atoms with E-state index in [1.54, 1.807) is 6.92 Å². The Morgan fingerprint density at radius 2 is 2.29 bits per heavy atom. The predicted octanol–water partition coefficient (Wildman–Crippen LogP) is 2.26. The molecule has 2 aromatic rings. The summed E-state index contributed by atoms with van der Waals surface area (Å²) in [5.41, 5.74) is 0.908. The molecule has 1 heterocycles. The van der Waals surface area contributed by atoms with Gasteiger partial charge >= 0.3 is 0 Å². The Balaban J connectivity index is 2.31. The molecule has 0 fully saturated rings. The van der Waals surface area contributed by atoms with Gasteiger partial charge in [-0.25, -0.2) is 4.98 Å². The van der Waals surface area contributed by atoms with Crippen LogP contribution in [0.25, 0.3) is 10.2 Å². The standard InChI is InChI=1S/C10H9NO2S/c1-7(6-12)13-10-11-8-4-2-3-5-9(8)14-10/h2-7H,1H3. The lowest BCUT2D eigenvalue weighted by Crippen LogP contribution is -2.12. The van der Waals surface area contributed by atoms with E-state index in [-0.39, 0.29) is 0 Å². The normalized spacial score (nSPS) is 12.6. The van der Waals surface area contributed by atoms with Crippen molar-refractivity contribution in [2.24, 2.45) is 0 Å². The summed E-state index contributed by atoms with van der Waals surface area (Å²) in [6.07, 6.45) is 0.321. The third kappa shape index (κ3) is 1.75. The number of benzene rings is 1. The van der Waals surface area contributed by atoms with Crippen molar-refractivity contribution in [2.45, 2.75) is 13.0 Å². The summed E-state index contributed by atoms with van der Waals surface area (Å²) >= 11 is 1.45. The first kappa shape index (κ1) is 9.15. The number of rotatable bonds is 3. The van der Waals surface area contributed by atoms with E-state index in [2.05, 4.69) is 4.98 Å². The van der Waals surface area contributed by atoms with E-state index in [1.807, 2.05) is 24.3 Å². The molecule has 0 amide bonds. The van der Waals surface area contributed by atoms with Crippen molar-refractivity contribution in [3.8, 4) is 5.19 Å². The molecular weight excluding hydrogens is 198 g/mol. The Morgan fingerprint density at radius 1 is 1.50 bits per heavy atom. The third-order valence-electron chi connectivity index (χ3n) is 1.75. The first-order chi connectivity index (χ1) is 6.79. The van der Waals surface area contributed by atoms with Crippen LogP contribution in [0.1, 0.15) is 6.92 Å². The van der Waals surface area contributed by atoms with Gasteiger partial charge in [0, 0.05) is 0 Å². The molecule has 0 aliphatic heterocycles. The van der Waals surface area contributed by atoms with Gasteiger partial charge in [-0.05, 0) is 19.1 Å². The number of fused-ring (bicyclic) bond motifs is 1. The van der Waals surface area contributed by atoms with Crippen LogP contribution >= 0.6 is 11.3 Å². The smallest absolute Gasteiger partial charge is 0.275 e. The Kier molecular flexibility index (Phi) is 2.45. The van der Waals surface area contributed by atoms with E-state index in [4.69, 9.17) is 4.74 Å². The second-order valence-electron chi connectivity index (χ2n) is 2.91. The summed E-state index contributed by atoms with van der Waals surface area (Å²) in [6.45, 7) is 1.69. The lowest BCUT2D eigenvalue weighted by Gasteiger charge is -2.02. The van der Waals surface area contributed by atoms with Crippen molar-refractivity contribution >= 4 is 27.8 Å². The van der Waals surface area contributed by atoms with Gasteiger partial charge in [-0.15, -0.1) is 0 Å². The largest absolute Gasteiger partial charge is 0.459 e. The minimum absolute atomic E-state index is 0.435. The molecule has 1 aromatic carbocycles. The average Bonchev–Trinajstić information content (AvgIpc) is 2.59. The number of hydrogen-bond acceptors (Lipinski definition) is 4. The molecule has 3 nitrogen and oxygen atoms in total. The number of aromatic nitrogens is 1. The van der Waals surface area contributed by atoms with Gasteiger partial charge in [0.25, 0.3) is 5.19 Å². The SMILES string of the molecule is CC(C=O)Oc1nc2ccccc2s1. The van der Waals surface area contributed by atoms with Gasteiger partial charge in [0.05, 0.1) is 10.2 Å². The molecule has 0 aliphatic carbocycles. The molecule has 1 unspecified atom stereocenters. The lowest BCUT2D eigenvalue weighted by molar-refractivity contribution is -0.113. The minimum Gasteiger partial charge on any atom is -0.459 e. The number of carbonyl (C=O) groups is 1. The molecule has 0 radical (unpaired) electrons. The number of hydrogen-bond donors (Lipinski definition) is 0. The van der Waals surface area contributed by atoms with Crippen molar-refractivity contribution in [3.63, 3.8) is 0 Å². The zero-order chi connectivity index (χ0) is 9.97. The highest BCUT2D eigenvalue weighted by Crippen LogP contribution is 2.27. The summed E-state index contributed by atoms with van der Waals surface area (Å²) in [7, 11) is 0. The fourth-order valence-corrected chi connectivity index (χ4v) is 1.99. The average molecular weight is 207 g/mol. The van der Waals surface area contributed by atoms with Crippen molar-refractivity contribution < 1.29 is 9.53 Å². The van der Waals surface area contributed by atoms with Crippen LogP contribution in [0.5, 0.6) is 5.19 Å². The van der Waals surface area contributed by atoms with E-state index >= 15 is 0 Å². The molecular formula is C10H9NO2S. The van der Waals surface area contributed by atoms with Crippen molar-refractivity contribution in [3.05, 3.63) is 24.3 Å². The van der Waals surface area contributed by atoms with Crippen molar-refractivity contribution in [1.82, 2.24) is 4.98 Å². The minimum atomic E-state index is -0.435. The first-order valence-electron chi connectivity index (χ1n) is 4.27. The topological polar surface area (TPSA) is 39.2 Å². The van der Waals surface area contributed by atoms with Gasteiger partial charge in [0.1, 0.15) is 0 Å². The Morgan fingerprint density at radius 3 is 3.00 bits per heavy atom. The van der Waals surface area contributed by atoms with Gasteiger partial charge in [-0.2, -0.15) is 0 Å². The summed E-state index contributed by atoms with van der Waals surface area (Å²) in [6, 6.07) is 7.78. The number of para-hydroxylation sites is 1. The molecule has 0 saturated heterocycles. The summed E-state index contributed by atoms with van der Waals surface area (Å²) in [4.78, 5) is 14.6. The maximum Gasteiger partial charge on any atom is 0.275 e. The number of aldehydes is 1. The number of ether oxygens (including phenoxy) is 1. The Bertz CT molecular complexity index is 419. The van der Waals surface area contributed by atoms with Crippen LogP contribution in [-0.4, -0.2) is 17.4 Å². The molecule has 1 atom stereocenters. The molecule has 4 heteroatoms. The van der Waals surface area contributed by atoms with E-state index in [0.29, 0.717) is 5.19 Å². The molecule has 0 spiro atoms. The van der Waals surface area contributed by atoms with Gasteiger partial charge in [-0.1, -0.05) is 23.5 Å². The Labute approximate surface area is 85.3 Å². The van der Waals surface area contributed by atoms with Crippen LogP contribution in [-0.2, 0) is 4.79 Å². The monoisotopic (exact) mass is 207 g/mol. The zero-order valence-electron chi connectivity index (χ0n) is 7.64.